The molecule has 11 aromatic rings. The number of thiophene rings is 2. The number of hydrogen-bond acceptors (Lipinski definition) is 5. The summed E-state index contributed by atoms with van der Waals surface area (Å²) in [6, 6.07) is 56.2. The summed E-state index contributed by atoms with van der Waals surface area (Å²) in [5.74, 6) is 1.99. The average Bonchev–Trinajstić information content (AvgIpc) is 3.96. The number of aryl methyl sites for hydroxylation is 1. The summed E-state index contributed by atoms with van der Waals surface area (Å²) in [5, 5.41) is 6.44. The molecule has 0 amide bonds. The molecule has 6 heteroatoms. The van der Waals surface area contributed by atoms with E-state index in [4.69, 9.17) is 15.0 Å². The number of benzene rings is 7. The summed E-state index contributed by atoms with van der Waals surface area (Å²) in [5.41, 5.74) is 10.2. The molecular formula is C51H32N4S2. The summed E-state index contributed by atoms with van der Waals surface area (Å²) in [7, 11) is 0. The van der Waals surface area contributed by atoms with Gasteiger partial charge < -0.3 is 4.57 Å². The molecule has 0 spiro atoms. The van der Waals surface area contributed by atoms with Crippen molar-refractivity contribution in [3.05, 3.63) is 174 Å². The quantitative estimate of drug-likeness (QED) is 0.175. The van der Waals surface area contributed by atoms with E-state index in [1.807, 2.05) is 59.1 Å². The summed E-state index contributed by atoms with van der Waals surface area (Å²) in [6.45, 7) is 0. The molecule has 4 aromatic heterocycles. The minimum atomic E-state index is 0.660. The van der Waals surface area contributed by atoms with Crippen molar-refractivity contribution in [1.29, 1.82) is 0 Å². The molecule has 0 unspecified atom stereocenters. The fourth-order valence-electron chi connectivity index (χ4n) is 8.81. The van der Waals surface area contributed by atoms with Crippen LogP contribution in [-0.2, 0) is 6.42 Å². The summed E-state index contributed by atoms with van der Waals surface area (Å²) in [4.78, 5) is 17.1. The minimum absolute atomic E-state index is 0.660. The first-order chi connectivity index (χ1) is 28.3. The van der Waals surface area contributed by atoms with E-state index in [1.54, 1.807) is 0 Å². The molecule has 0 bridgehead atoms. The second-order valence-corrected chi connectivity index (χ2v) is 16.8. The summed E-state index contributed by atoms with van der Waals surface area (Å²) >= 11 is 3.76. The van der Waals surface area contributed by atoms with Crippen LogP contribution in [0.2, 0.25) is 0 Å². The molecule has 12 rings (SSSR count). The van der Waals surface area contributed by atoms with Crippen molar-refractivity contribution in [2.24, 2.45) is 0 Å². The van der Waals surface area contributed by atoms with Crippen LogP contribution in [0.15, 0.2) is 164 Å². The molecule has 0 saturated carbocycles. The molecule has 1 aliphatic carbocycles. The van der Waals surface area contributed by atoms with Crippen LogP contribution in [0.1, 0.15) is 16.9 Å². The van der Waals surface area contributed by atoms with Crippen molar-refractivity contribution >= 4 is 80.8 Å². The van der Waals surface area contributed by atoms with E-state index in [2.05, 4.69) is 138 Å². The van der Waals surface area contributed by atoms with E-state index in [-0.39, 0.29) is 0 Å². The van der Waals surface area contributed by atoms with E-state index in [0.29, 0.717) is 17.5 Å². The SMILES string of the molecule is C1=Cc2sc3ccc4sc5c(-c6nc(-c7ccccc7)nc(-c7ccccc7)n6)cc(-c6cccc7c6c6ccccc6n7-c6ccccc6)cc5c4c3c2CC1. The minimum Gasteiger partial charge on any atom is -0.309 e. The lowest BCUT2D eigenvalue weighted by atomic mass is 9.93. The number of nitrogens with zero attached hydrogens (tertiary/aromatic N) is 4. The maximum atomic E-state index is 5.31. The van der Waals surface area contributed by atoms with Crippen LogP contribution in [0.25, 0.3) is 109 Å². The monoisotopic (exact) mass is 764 g/mol. The highest BCUT2D eigenvalue weighted by Gasteiger charge is 2.24. The molecule has 0 aliphatic heterocycles. The van der Waals surface area contributed by atoms with Crippen LogP contribution in [0.4, 0.5) is 0 Å². The predicted octanol–water partition coefficient (Wildman–Crippen LogP) is 14.2. The Balaban J connectivity index is 1.21. The molecule has 57 heavy (non-hydrogen) atoms. The molecule has 4 nitrogen and oxygen atoms in total. The van der Waals surface area contributed by atoms with Crippen LogP contribution in [-0.4, -0.2) is 19.5 Å². The van der Waals surface area contributed by atoms with Crippen LogP contribution < -0.4 is 0 Å². The predicted molar refractivity (Wildman–Crippen MR) is 242 cm³/mol. The standard InChI is InChI=1S/C51H32N4S2/c1-4-15-31(16-5-1)49-52-50(32-17-6-2-7-18-32)54-51(53-49)39-30-33(29-38-47-44(57-48(38)39)28-27-43-46(47)37-22-11-13-26-42(37)56-43)35-23-14-25-41-45(35)36-21-10-12-24-40(36)55(41)34-19-8-3-9-20-34/h1-10,12-21,23-30H,11,22H2. The van der Waals surface area contributed by atoms with Gasteiger partial charge in [0.2, 0.25) is 0 Å². The zero-order valence-corrected chi connectivity index (χ0v) is 32.3. The number of allylic oxidation sites excluding steroid dienone is 1. The van der Waals surface area contributed by atoms with Gasteiger partial charge >= 0.3 is 0 Å². The highest BCUT2D eigenvalue weighted by Crippen LogP contribution is 2.49. The van der Waals surface area contributed by atoms with Gasteiger partial charge in [0.25, 0.3) is 0 Å². The third-order valence-electron chi connectivity index (χ3n) is 11.3. The Morgan fingerprint density at radius 2 is 1.12 bits per heavy atom. The van der Waals surface area contributed by atoms with Crippen LogP contribution in [0.3, 0.4) is 0 Å². The van der Waals surface area contributed by atoms with Crippen molar-refractivity contribution in [3.8, 4) is 51.0 Å². The molecular weight excluding hydrogens is 733 g/mol. The number of para-hydroxylation sites is 2. The van der Waals surface area contributed by atoms with E-state index >= 15 is 0 Å². The van der Waals surface area contributed by atoms with Gasteiger partial charge in [0.15, 0.2) is 17.5 Å². The molecule has 7 aromatic carbocycles. The molecule has 1 aliphatic rings. The van der Waals surface area contributed by atoms with Crippen molar-refractivity contribution < 1.29 is 0 Å². The summed E-state index contributed by atoms with van der Waals surface area (Å²) < 4.78 is 6.21. The lowest BCUT2D eigenvalue weighted by Crippen LogP contribution is -2.00. The maximum Gasteiger partial charge on any atom is 0.165 e. The Hall–Kier alpha value is -6.73. The van der Waals surface area contributed by atoms with Gasteiger partial charge in [0.05, 0.1) is 11.0 Å². The van der Waals surface area contributed by atoms with Gasteiger partial charge in [-0.1, -0.05) is 115 Å². The topological polar surface area (TPSA) is 43.6 Å². The lowest BCUT2D eigenvalue weighted by Gasteiger charge is -2.12. The number of hydrogen-bond donors (Lipinski definition) is 0. The second kappa shape index (κ2) is 12.9. The Labute approximate surface area is 336 Å². The largest absolute Gasteiger partial charge is 0.309 e. The molecule has 0 N–H and O–H groups in total. The molecule has 0 saturated heterocycles. The first-order valence-corrected chi connectivity index (χ1v) is 21.0. The van der Waals surface area contributed by atoms with Gasteiger partial charge in [-0.15, -0.1) is 22.7 Å². The van der Waals surface area contributed by atoms with Gasteiger partial charge in [-0.2, -0.15) is 0 Å². The highest BCUT2D eigenvalue weighted by atomic mass is 32.1. The summed E-state index contributed by atoms with van der Waals surface area (Å²) in [6.07, 6.45) is 6.77. The molecule has 268 valence electrons. The van der Waals surface area contributed by atoms with Gasteiger partial charge in [0.1, 0.15) is 0 Å². The fraction of sp³-hybridized carbons (Fsp3) is 0.0392. The van der Waals surface area contributed by atoms with Gasteiger partial charge in [-0.3, -0.25) is 0 Å². The van der Waals surface area contributed by atoms with E-state index in [0.717, 1.165) is 40.8 Å². The third-order valence-corrected chi connectivity index (χ3v) is 13.7. The van der Waals surface area contributed by atoms with E-state index < -0.39 is 0 Å². The smallest absolute Gasteiger partial charge is 0.165 e. The van der Waals surface area contributed by atoms with Crippen LogP contribution >= 0.6 is 22.7 Å². The first kappa shape index (κ1) is 32.5. The van der Waals surface area contributed by atoms with Gasteiger partial charge in [0, 0.05) is 68.3 Å². The number of fused-ring (bicyclic) bond motifs is 10. The zero-order valence-electron chi connectivity index (χ0n) is 30.7. The molecule has 0 atom stereocenters. The lowest BCUT2D eigenvalue weighted by molar-refractivity contribution is 1.01. The number of rotatable bonds is 5. The van der Waals surface area contributed by atoms with Crippen LogP contribution in [0, 0.1) is 0 Å². The average molecular weight is 765 g/mol. The van der Waals surface area contributed by atoms with Crippen molar-refractivity contribution in [2.75, 3.05) is 0 Å². The van der Waals surface area contributed by atoms with Gasteiger partial charge in [-0.05, 0) is 84.1 Å². The van der Waals surface area contributed by atoms with Crippen LogP contribution in [0.5, 0.6) is 0 Å². The Kier molecular flexibility index (Phi) is 7.37. The van der Waals surface area contributed by atoms with E-state index in [1.165, 1.54) is 68.1 Å². The molecule has 0 fully saturated rings. The van der Waals surface area contributed by atoms with Crippen molar-refractivity contribution in [3.63, 3.8) is 0 Å². The fourth-order valence-corrected chi connectivity index (χ4v) is 11.2. The van der Waals surface area contributed by atoms with Gasteiger partial charge in [-0.25, -0.2) is 15.0 Å². The third kappa shape index (κ3) is 5.15. The normalized spacial score (nSPS) is 12.7. The highest BCUT2D eigenvalue weighted by molar-refractivity contribution is 7.27. The molecule has 4 heterocycles. The zero-order chi connectivity index (χ0) is 37.5. The Morgan fingerprint density at radius 1 is 0.474 bits per heavy atom. The van der Waals surface area contributed by atoms with Crippen molar-refractivity contribution in [1.82, 2.24) is 19.5 Å². The maximum absolute atomic E-state index is 5.31. The van der Waals surface area contributed by atoms with Crippen molar-refractivity contribution in [2.45, 2.75) is 12.8 Å². The number of aromatic nitrogens is 4. The first-order valence-electron chi connectivity index (χ1n) is 19.3. The molecule has 0 radical (unpaired) electrons. The Bertz CT molecular complexity index is 3340. The van der Waals surface area contributed by atoms with E-state index in [9.17, 15) is 0 Å². The Morgan fingerprint density at radius 3 is 1.88 bits per heavy atom. The second-order valence-electron chi connectivity index (χ2n) is 14.6.